The first-order valence-corrected chi connectivity index (χ1v) is 11.2. The molecule has 0 saturated carbocycles. The van der Waals surface area contributed by atoms with Crippen molar-refractivity contribution in [1.29, 1.82) is 0 Å². The number of hydrogen-bond donors (Lipinski definition) is 1. The van der Waals surface area contributed by atoms with Crippen LogP contribution in [0, 0.1) is 0 Å². The van der Waals surface area contributed by atoms with Gasteiger partial charge in [-0.15, -0.1) is 0 Å². The fraction of sp³-hybridized carbons (Fsp3) is 0.458. The first kappa shape index (κ1) is 20.6. The van der Waals surface area contributed by atoms with Crippen molar-refractivity contribution in [3.63, 3.8) is 0 Å². The summed E-state index contributed by atoms with van der Waals surface area (Å²) >= 11 is 0. The van der Waals surface area contributed by atoms with Gasteiger partial charge in [0.15, 0.2) is 0 Å². The fourth-order valence-electron chi connectivity index (χ4n) is 5.15. The predicted octanol–water partition coefficient (Wildman–Crippen LogP) is 3.17. The van der Waals surface area contributed by atoms with Crippen LogP contribution in [0.3, 0.4) is 0 Å². The van der Waals surface area contributed by atoms with Crippen LogP contribution in [-0.2, 0) is 31.2 Å². The Labute approximate surface area is 191 Å². The molecular formula is C24H26N4O5. The molecule has 2 atom stereocenters. The molecule has 0 bridgehead atoms. The van der Waals surface area contributed by atoms with E-state index in [0.717, 1.165) is 58.6 Å². The third kappa shape index (κ3) is 3.30. The van der Waals surface area contributed by atoms with Crippen LogP contribution in [-0.4, -0.2) is 54.0 Å². The molecular weight excluding hydrogens is 424 g/mol. The van der Waals surface area contributed by atoms with Gasteiger partial charge in [0.25, 0.3) is 0 Å². The minimum absolute atomic E-state index is 0.162. The molecule has 172 valence electrons. The molecule has 33 heavy (non-hydrogen) atoms. The van der Waals surface area contributed by atoms with Gasteiger partial charge in [0.1, 0.15) is 17.2 Å². The summed E-state index contributed by atoms with van der Waals surface area (Å²) in [7, 11) is 1.67. The van der Waals surface area contributed by atoms with Gasteiger partial charge < -0.3 is 28.8 Å². The lowest BCUT2D eigenvalue weighted by Crippen LogP contribution is -2.26. The van der Waals surface area contributed by atoms with E-state index in [1.165, 1.54) is 6.92 Å². The molecule has 1 unspecified atom stereocenters. The highest BCUT2D eigenvalue weighted by molar-refractivity contribution is 5.98. The molecule has 3 aliphatic rings. The number of nitrogens with zero attached hydrogens (tertiary/aromatic N) is 3. The van der Waals surface area contributed by atoms with Gasteiger partial charge in [-0.25, -0.2) is 9.97 Å². The second kappa shape index (κ2) is 7.79. The van der Waals surface area contributed by atoms with Gasteiger partial charge in [-0.1, -0.05) is 0 Å². The summed E-state index contributed by atoms with van der Waals surface area (Å²) in [5, 5.41) is 3.76. The summed E-state index contributed by atoms with van der Waals surface area (Å²) in [6.45, 7) is 4.49. The van der Waals surface area contributed by atoms with Crippen LogP contribution >= 0.6 is 0 Å². The van der Waals surface area contributed by atoms with Crippen molar-refractivity contribution in [1.82, 2.24) is 14.5 Å². The van der Waals surface area contributed by atoms with Gasteiger partial charge in [0.2, 0.25) is 5.91 Å². The highest BCUT2D eigenvalue weighted by Gasteiger charge is 2.46. The van der Waals surface area contributed by atoms with E-state index < -0.39 is 5.60 Å². The molecule has 3 aliphatic heterocycles. The van der Waals surface area contributed by atoms with E-state index in [0.29, 0.717) is 32.2 Å². The Balaban J connectivity index is 1.55. The fourth-order valence-corrected chi connectivity index (χ4v) is 5.15. The van der Waals surface area contributed by atoms with Crippen LogP contribution in [0.5, 0.6) is 5.75 Å². The van der Waals surface area contributed by atoms with Gasteiger partial charge >= 0.3 is 0 Å². The number of fused-ring (bicyclic) bond motifs is 3. The molecule has 0 aliphatic carbocycles. The Morgan fingerprint density at radius 3 is 2.94 bits per heavy atom. The SMILES string of the molecule is COc1cc(-c2cn([C@@H]3CCOC3)c3cnc(NC(C)=O)cc23)nc2c1COC21CCOC1. The zero-order chi connectivity index (χ0) is 22.6. The van der Waals surface area contributed by atoms with Gasteiger partial charge in [-0.05, 0) is 12.5 Å². The van der Waals surface area contributed by atoms with E-state index in [-0.39, 0.29) is 11.9 Å². The number of methoxy groups -OCH3 is 1. The molecule has 0 aromatic carbocycles. The Kier molecular flexibility index (Phi) is 4.86. The maximum absolute atomic E-state index is 11.6. The summed E-state index contributed by atoms with van der Waals surface area (Å²) in [6.07, 6.45) is 5.64. The molecule has 1 spiro atoms. The summed E-state index contributed by atoms with van der Waals surface area (Å²) in [6, 6.07) is 4.11. The number of pyridine rings is 2. The van der Waals surface area contributed by atoms with E-state index in [1.807, 2.05) is 18.3 Å². The van der Waals surface area contributed by atoms with Crippen LogP contribution in [0.15, 0.2) is 24.5 Å². The molecule has 6 rings (SSSR count). The first-order valence-electron chi connectivity index (χ1n) is 11.2. The Morgan fingerprint density at radius 2 is 2.21 bits per heavy atom. The van der Waals surface area contributed by atoms with Crippen molar-refractivity contribution >= 4 is 22.6 Å². The smallest absolute Gasteiger partial charge is 0.222 e. The summed E-state index contributed by atoms with van der Waals surface area (Å²) < 4.78 is 25.5. The number of amides is 1. The van der Waals surface area contributed by atoms with E-state index in [4.69, 9.17) is 23.9 Å². The van der Waals surface area contributed by atoms with E-state index >= 15 is 0 Å². The number of anilines is 1. The molecule has 6 heterocycles. The van der Waals surface area contributed by atoms with Crippen LogP contribution < -0.4 is 10.1 Å². The number of rotatable bonds is 4. The molecule has 3 aromatic rings. The van der Waals surface area contributed by atoms with Crippen LogP contribution in [0.2, 0.25) is 0 Å². The molecule has 2 fully saturated rings. The normalized spacial score (nSPS) is 24.0. The second-order valence-electron chi connectivity index (χ2n) is 8.86. The first-order chi connectivity index (χ1) is 16.1. The molecule has 0 radical (unpaired) electrons. The lowest BCUT2D eigenvalue weighted by molar-refractivity contribution is -0.114. The maximum atomic E-state index is 11.6. The third-order valence-corrected chi connectivity index (χ3v) is 6.81. The number of carbonyl (C=O) groups is 1. The van der Waals surface area contributed by atoms with Crippen LogP contribution in [0.1, 0.15) is 37.1 Å². The summed E-state index contributed by atoms with van der Waals surface area (Å²) in [5.41, 5.74) is 4.10. The summed E-state index contributed by atoms with van der Waals surface area (Å²) in [5.74, 6) is 1.11. The Morgan fingerprint density at radius 1 is 1.30 bits per heavy atom. The topological polar surface area (TPSA) is 96.7 Å². The Hall–Kier alpha value is -3.01. The molecule has 2 saturated heterocycles. The lowest BCUT2D eigenvalue weighted by atomic mass is 9.95. The van der Waals surface area contributed by atoms with Crippen molar-refractivity contribution in [3.8, 4) is 17.0 Å². The molecule has 1 N–H and O–H groups in total. The average Bonchev–Trinajstić information content (AvgIpc) is 3.60. The molecule has 1 amide bonds. The predicted molar refractivity (Wildman–Crippen MR) is 120 cm³/mol. The van der Waals surface area contributed by atoms with Crippen molar-refractivity contribution in [2.24, 2.45) is 0 Å². The Bertz CT molecular complexity index is 1240. The average molecular weight is 450 g/mol. The van der Waals surface area contributed by atoms with Crippen molar-refractivity contribution in [3.05, 3.63) is 35.8 Å². The number of hydrogen-bond acceptors (Lipinski definition) is 7. The minimum Gasteiger partial charge on any atom is -0.496 e. The highest BCUT2D eigenvalue weighted by Crippen LogP contribution is 2.46. The third-order valence-electron chi connectivity index (χ3n) is 6.81. The maximum Gasteiger partial charge on any atom is 0.222 e. The second-order valence-corrected chi connectivity index (χ2v) is 8.86. The zero-order valence-electron chi connectivity index (χ0n) is 18.7. The highest BCUT2D eigenvalue weighted by atomic mass is 16.6. The number of nitrogens with one attached hydrogen (secondary N) is 1. The lowest BCUT2D eigenvalue weighted by Gasteiger charge is -2.21. The van der Waals surface area contributed by atoms with Crippen molar-refractivity contribution in [2.75, 3.05) is 38.9 Å². The quantitative estimate of drug-likeness (QED) is 0.652. The molecule has 9 nitrogen and oxygen atoms in total. The molecule has 9 heteroatoms. The number of carbonyl (C=O) groups excluding carboxylic acids is 1. The largest absolute Gasteiger partial charge is 0.496 e. The van der Waals surface area contributed by atoms with Crippen LogP contribution in [0.4, 0.5) is 5.82 Å². The van der Waals surface area contributed by atoms with E-state index in [9.17, 15) is 4.79 Å². The zero-order valence-corrected chi connectivity index (χ0v) is 18.7. The van der Waals surface area contributed by atoms with E-state index in [2.05, 4.69) is 21.1 Å². The standard InChI is InChI=1S/C24H26N4O5/c1-14(29)26-22-7-16-17(10-28(20(16)9-25-22)15-3-5-31-11-15)19-8-21(30-2)18-12-33-24(23(18)27-19)4-6-32-13-24/h7-10,15H,3-6,11-13H2,1-2H3,(H,25,26,29)/t15-,24?/m1/s1. The number of aromatic nitrogens is 3. The van der Waals surface area contributed by atoms with Crippen molar-refractivity contribution in [2.45, 2.75) is 38.0 Å². The van der Waals surface area contributed by atoms with Gasteiger partial charge in [-0.2, -0.15) is 0 Å². The van der Waals surface area contributed by atoms with E-state index in [1.54, 1.807) is 7.11 Å². The molecule has 3 aromatic heterocycles. The van der Waals surface area contributed by atoms with Gasteiger partial charge in [0, 0.05) is 55.3 Å². The summed E-state index contributed by atoms with van der Waals surface area (Å²) in [4.78, 5) is 21.2. The van der Waals surface area contributed by atoms with Crippen molar-refractivity contribution < 1.29 is 23.7 Å². The van der Waals surface area contributed by atoms with Gasteiger partial charge in [-0.3, -0.25) is 4.79 Å². The van der Waals surface area contributed by atoms with Crippen LogP contribution in [0.25, 0.3) is 22.2 Å². The van der Waals surface area contributed by atoms with Gasteiger partial charge in [0.05, 0.1) is 56.1 Å². The number of ether oxygens (including phenoxy) is 4. The minimum atomic E-state index is -0.515. The monoisotopic (exact) mass is 450 g/mol.